The van der Waals surface area contributed by atoms with Gasteiger partial charge in [-0.15, -0.1) is 11.3 Å². The van der Waals surface area contributed by atoms with Gasteiger partial charge in [0, 0.05) is 5.38 Å². The summed E-state index contributed by atoms with van der Waals surface area (Å²) in [5.74, 6) is 0. The van der Waals surface area contributed by atoms with E-state index in [0.717, 1.165) is 21.7 Å². The molecule has 2 rings (SSSR count). The van der Waals surface area contributed by atoms with E-state index >= 15 is 0 Å². The Hall–Kier alpha value is -0.940. The van der Waals surface area contributed by atoms with E-state index in [0.29, 0.717) is 0 Å². The van der Waals surface area contributed by atoms with Gasteiger partial charge in [0.1, 0.15) is 4.60 Å². The van der Waals surface area contributed by atoms with Crippen LogP contribution in [-0.4, -0.2) is 9.97 Å². The van der Waals surface area contributed by atoms with Crippen LogP contribution in [0.25, 0.3) is 0 Å². The van der Waals surface area contributed by atoms with Crippen LogP contribution in [0.1, 0.15) is 24.4 Å². The third-order valence-electron chi connectivity index (χ3n) is 2.32. The van der Waals surface area contributed by atoms with Crippen molar-refractivity contribution in [2.75, 3.05) is 5.32 Å². The van der Waals surface area contributed by atoms with Crippen molar-refractivity contribution >= 4 is 33.0 Å². The van der Waals surface area contributed by atoms with Gasteiger partial charge in [-0.3, -0.25) is 0 Å². The molecule has 2 aromatic heterocycles. The summed E-state index contributed by atoms with van der Waals surface area (Å²) in [6, 6.07) is 4.16. The Kier molecular flexibility index (Phi) is 3.56. The fourth-order valence-electron chi connectivity index (χ4n) is 1.43. The topological polar surface area (TPSA) is 37.8 Å². The molecule has 2 aromatic rings. The lowest BCUT2D eigenvalue weighted by Crippen LogP contribution is -2.08. The molecule has 0 aliphatic carbocycles. The first-order chi connectivity index (χ1) is 7.66. The molecule has 0 aromatic carbocycles. The number of nitrogens with one attached hydrogen (secondary N) is 1. The highest BCUT2D eigenvalue weighted by molar-refractivity contribution is 9.10. The molecule has 0 aliphatic rings. The summed E-state index contributed by atoms with van der Waals surface area (Å²) >= 11 is 4.96. The smallest absolute Gasteiger partial charge is 0.106 e. The van der Waals surface area contributed by atoms with E-state index < -0.39 is 0 Å². The molecular formula is C11H12BrN3S. The maximum absolute atomic E-state index is 4.34. The number of thiazole rings is 1. The van der Waals surface area contributed by atoms with Crippen molar-refractivity contribution in [3.63, 3.8) is 0 Å². The fourth-order valence-corrected chi connectivity index (χ4v) is 2.47. The molecule has 0 spiro atoms. The number of nitrogens with zero attached hydrogens (tertiary/aromatic N) is 2. The van der Waals surface area contributed by atoms with Crippen molar-refractivity contribution in [3.05, 3.63) is 39.0 Å². The molecule has 16 heavy (non-hydrogen) atoms. The minimum absolute atomic E-state index is 0.202. The van der Waals surface area contributed by atoms with Crippen molar-refractivity contribution in [3.8, 4) is 0 Å². The third kappa shape index (κ3) is 2.59. The fraction of sp³-hybridized carbons (Fsp3) is 0.273. The number of anilines is 1. The summed E-state index contributed by atoms with van der Waals surface area (Å²) in [5, 5.41) is 5.46. The second-order valence-corrected chi connectivity index (χ2v) is 5.08. The average molecular weight is 298 g/mol. The lowest BCUT2D eigenvalue weighted by molar-refractivity contribution is 0.845. The predicted octanol–water partition coefficient (Wildman–Crippen LogP) is 3.78. The molecule has 5 heteroatoms. The summed E-state index contributed by atoms with van der Waals surface area (Å²) < 4.78 is 0.858. The molecule has 0 fully saturated rings. The van der Waals surface area contributed by atoms with E-state index in [9.17, 15) is 0 Å². The standard InChI is InChI=1S/C11H12BrN3S/c1-7-9(3-4-11(12)15-7)14-8(2)10-5-16-6-13-10/h3-6,8,14H,1-2H3. The molecule has 84 valence electrons. The maximum atomic E-state index is 4.34. The first kappa shape index (κ1) is 11.5. The Bertz CT molecular complexity index is 470. The zero-order valence-electron chi connectivity index (χ0n) is 9.07. The lowest BCUT2D eigenvalue weighted by atomic mass is 10.2. The molecule has 0 aliphatic heterocycles. The van der Waals surface area contributed by atoms with Gasteiger partial charge in [-0.05, 0) is 41.9 Å². The van der Waals surface area contributed by atoms with Crippen LogP contribution in [0.2, 0.25) is 0 Å². The molecule has 1 N–H and O–H groups in total. The number of hydrogen-bond acceptors (Lipinski definition) is 4. The second-order valence-electron chi connectivity index (χ2n) is 3.55. The Labute approximate surface area is 107 Å². The summed E-state index contributed by atoms with van der Waals surface area (Å²) in [6.45, 7) is 4.08. The first-order valence-corrected chi connectivity index (χ1v) is 6.68. The maximum Gasteiger partial charge on any atom is 0.106 e. The van der Waals surface area contributed by atoms with E-state index in [-0.39, 0.29) is 6.04 Å². The molecule has 1 unspecified atom stereocenters. The van der Waals surface area contributed by atoms with Crippen molar-refractivity contribution in [2.24, 2.45) is 0 Å². The van der Waals surface area contributed by atoms with E-state index in [2.05, 4.69) is 43.5 Å². The Morgan fingerprint density at radius 1 is 1.44 bits per heavy atom. The Morgan fingerprint density at radius 3 is 2.88 bits per heavy atom. The van der Waals surface area contributed by atoms with Crippen LogP contribution in [0.15, 0.2) is 27.6 Å². The zero-order valence-corrected chi connectivity index (χ0v) is 11.5. The summed E-state index contributed by atoms with van der Waals surface area (Å²) in [5.41, 5.74) is 4.94. The molecule has 0 saturated heterocycles. The minimum atomic E-state index is 0.202. The van der Waals surface area contributed by atoms with Crippen LogP contribution in [0.3, 0.4) is 0 Å². The zero-order chi connectivity index (χ0) is 11.5. The highest BCUT2D eigenvalue weighted by Crippen LogP contribution is 2.22. The van der Waals surface area contributed by atoms with Crippen molar-refractivity contribution in [1.82, 2.24) is 9.97 Å². The molecule has 0 amide bonds. The highest BCUT2D eigenvalue weighted by Gasteiger charge is 2.09. The van der Waals surface area contributed by atoms with Crippen molar-refractivity contribution in [2.45, 2.75) is 19.9 Å². The molecule has 3 nitrogen and oxygen atoms in total. The number of halogens is 1. The van der Waals surface area contributed by atoms with Gasteiger partial charge in [-0.2, -0.15) is 0 Å². The van der Waals surface area contributed by atoms with Gasteiger partial charge in [0.2, 0.25) is 0 Å². The van der Waals surface area contributed by atoms with Crippen molar-refractivity contribution < 1.29 is 0 Å². The molecular weight excluding hydrogens is 286 g/mol. The van der Waals surface area contributed by atoms with Gasteiger partial charge in [-0.25, -0.2) is 9.97 Å². The quantitative estimate of drug-likeness (QED) is 0.876. The van der Waals surface area contributed by atoms with Gasteiger partial charge in [0.25, 0.3) is 0 Å². The SMILES string of the molecule is Cc1nc(Br)ccc1NC(C)c1cscn1. The van der Waals surface area contributed by atoms with Crippen LogP contribution >= 0.6 is 27.3 Å². The number of aryl methyl sites for hydroxylation is 1. The van der Waals surface area contributed by atoms with Gasteiger partial charge in [-0.1, -0.05) is 0 Å². The normalized spacial score (nSPS) is 12.4. The van der Waals surface area contributed by atoms with E-state index in [1.54, 1.807) is 11.3 Å². The number of hydrogen-bond donors (Lipinski definition) is 1. The average Bonchev–Trinajstić information content (AvgIpc) is 2.75. The molecule has 0 bridgehead atoms. The van der Waals surface area contributed by atoms with E-state index in [4.69, 9.17) is 0 Å². The Balaban J connectivity index is 2.15. The van der Waals surface area contributed by atoms with Crippen LogP contribution < -0.4 is 5.32 Å². The number of rotatable bonds is 3. The van der Waals surface area contributed by atoms with Crippen LogP contribution in [0.5, 0.6) is 0 Å². The third-order valence-corrected chi connectivity index (χ3v) is 3.37. The minimum Gasteiger partial charge on any atom is -0.375 e. The molecule has 2 heterocycles. The van der Waals surface area contributed by atoms with Crippen LogP contribution in [0, 0.1) is 6.92 Å². The molecule has 0 radical (unpaired) electrons. The summed E-state index contributed by atoms with van der Waals surface area (Å²) in [4.78, 5) is 8.63. The second kappa shape index (κ2) is 4.93. The monoisotopic (exact) mass is 297 g/mol. The van der Waals surface area contributed by atoms with Gasteiger partial charge in [0.15, 0.2) is 0 Å². The van der Waals surface area contributed by atoms with Crippen LogP contribution in [0.4, 0.5) is 5.69 Å². The number of pyridine rings is 1. The van der Waals surface area contributed by atoms with E-state index in [1.165, 1.54) is 0 Å². The predicted molar refractivity (Wildman–Crippen MR) is 70.8 cm³/mol. The molecule has 0 saturated carbocycles. The first-order valence-electron chi connectivity index (χ1n) is 4.94. The van der Waals surface area contributed by atoms with Gasteiger partial charge < -0.3 is 5.32 Å². The Morgan fingerprint density at radius 2 is 2.25 bits per heavy atom. The van der Waals surface area contributed by atoms with Crippen molar-refractivity contribution in [1.29, 1.82) is 0 Å². The number of aromatic nitrogens is 2. The lowest BCUT2D eigenvalue weighted by Gasteiger charge is -2.14. The highest BCUT2D eigenvalue weighted by atomic mass is 79.9. The van der Waals surface area contributed by atoms with E-state index in [1.807, 2.05) is 24.6 Å². The van der Waals surface area contributed by atoms with Gasteiger partial charge >= 0.3 is 0 Å². The summed E-state index contributed by atoms with van der Waals surface area (Å²) in [6.07, 6.45) is 0. The van der Waals surface area contributed by atoms with Crippen LogP contribution in [-0.2, 0) is 0 Å². The summed E-state index contributed by atoms with van der Waals surface area (Å²) in [7, 11) is 0. The molecule has 1 atom stereocenters. The van der Waals surface area contributed by atoms with Gasteiger partial charge in [0.05, 0.1) is 28.6 Å². The largest absolute Gasteiger partial charge is 0.375 e.